The number of aromatic nitrogens is 3. The van der Waals surface area contributed by atoms with Crippen molar-refractivity contribution in [3.63, 3.8) is 0 Å². The van der Waals surface area contributed by atoms with Crippen LogP contribution in [-0.4, -0.2) is 54.2 Å². The highest BCUT2D eigenvalue weighted by Crippen LogP contribution is 2.38. The summed E-state index contributed by atoms with van der Waals surface area (Å²) in [5.74, 6) is 2.10. The van der Waals surface area contributed by atoms with Crippen molar-refractivity contribution in [3.8, 4) is 11.5 Å². The van der Waals surface area contributed by atoms with E-state index in [2.05, 4.69) is 25.2 Å². The highest BCUT2D eigenvalue weighted by molar-refractivity contribution is 6.12. The molecule has 8 heteroatoms. The number of H-pyrrole nitrogens is 1. The predicted octanol–water partition coefficient (Wildman–Crippen LogP) is 3.14. The summed E-state index contributed by atoms with van der Waals surface area (Å²) in [6.07, 6.45) is 2.42. The van der Waals surface area contributed by atoms with Crippen LogP contribution in [0.4, 0.5) is 5.82 Å². The SMILES string of the molecule is COc1cc2[nH]c3ncnc(N4CCC(NC(=O)c5ccccc5)C4)c3c2cc1OC. The van der Waals surface area contributed by atoms with Gasteiger partial charge in [-0.15, -0.1) is 0 Å². The molecule has 0 saturated carbocycles. The number of methoxy groups -OCH3 is 2. The first-order chi connectivity index (χ1) is 15.2. The van der Waals surface area contributed by atoms with Gasteiger partial charge in [-0.3, -0.25) is 4.79 Å². The van der Waals surface area contributed by atoms with Gasteiger partial charge in [0.2, 0.25) is 0 Å². The number of aromatic amines is 1. The lowest BCUT2D eigenvalue weighted by Crippen LogP contribution is -2.37. The minimum Gasteiger partial charge on any atom is -0.493 e. The maximum absolute atomic E-state index is 12.5. The van der Waals surface area contributed by atoms with Gasteiger partial charge >= 0.3 is 0 Å². The predicted molar refractivity (Wildman–Crippen MR) is 119 cm³/mol. The summed E-state index contributed by atoms with van der Waals surface area (Å²) in [5.41, 5.74) is 2.33. The van der Waals surface area contributed by atoms with Gasteiger partial charge in [-0.1, -0.05) is 18.2 Å². The first-order valence-corrected chi connectivity index (χ1v) is 10.2. The molecule has 8 nitrogen and oxygen atoms in total. The minimum atomic E-state index is -0.0517. The molecule has 1 saturated heterocycles. The van der Waals surface area contributed by atoms with Crippen molar-refractivity contribution in [1.82, 2.24) is 20.3 Å². The van der Waals surface area contributed by atoms with Crippen molar-refractivity contribution in [2.75, 3.05) is 32.2 Å². The first kappa shape index (κ1) is 19.2. The number of nitrogens with one attached hydrogen (secondary N) is 2. The molecule has 2 N–H and O–H groups in total. The Morgan fingerprint density at radius 2 is 1.90 bits per heavy atom. The second-order valence-corrected chi connectivity index (χ2v) is 7.57. The maximum Gasteiger partial charge on any atom is 0.251 e. The second-order valence-electron chi connectivity index (χ2n) is 7.57. The van der Waals surface area contributed by atoms with Crippen LogP contribution < -0.4 is 19.7 Å². The molecule has 0 radical (unpaired) electrons. The van der Waals surface area contributed by atoms with E-state index >= 15 is 0 Å². The number of carbonyl (C=O) groups is 1. The van der Waals surface area contributed by atoms with Crippen molar-refractivity contribution in [2.24, 2.45) is 0 Å². The molecule has 1 aliphatic heterocycles. The average molecular weight is 417 g/mol. The van der Waals surface area contributed by atoms with Gasteiger partial charge < -0.3 is 24.7 Å². The molecule has 2 aromatic carbocycles. The third-order valence-corrected chi connectivity index (χ3v) is 5.73. The van der Waals surface area contributed by atoms with Gasteiger partial charge in [0.15, 0.2) is 11.5 Å². The number of fused-ring (bicyclic) bond motifs is 3. The number of hydrogen-bond donors (Lipinski definition) is 2. The Balaban J connectivity index is 1.46. The Morgan fingerprint density at radius 3 is 2.68 bits per heavy atom. The Kier molecular flexibility index (Phi) is 4.82. The lowest BCUT2D eigenvalue weighted by atomic mass is 10.1. The zero-order valence-electron chi connectivity index (χ0n) is 17.4. The highest BCUT2D eigenvalue weighted by Gasteiger charge is 2.27. The fraction of sp³-hybridized carbons (Fsp3) is 0.261. The molecule has 1 amide bonds. The van der Waals surface area contributed by atoms with Crippen LogP contribution in [0.1, 0.15) is 16.8 Å². The summed E-state index contributed by atoms with van der Waals surface area (Å²) in [4.78, 5) is 27.1. The number of hydrogen-bond acceptors (Lipinski definition) is 6. The Hall–Kier alpha value is -3.81. The molecule has 31 heavy (non-hydrogen) atoms. The van der Waals surface area contributed by atoms with Crippen LogP contribution >= 0.6 is 0 Å². The quantitative estimate of drug-likeness (QED) is 0.518. The third-order valence-electron chi connectivity index (χ3n) is 5.73. The van der Waals surface area contributed by atoms with Crippen LogP contribution in [0.15, 0.2) is 48.8 Å². The number of anilines is 1. The summed E-state index contributed by atoms with van der Waals surface area (Å²) < 4.78 is 10.9. The van der Waals surface area contributed by atoms with Gasteiger partial charge in [-0.25, -0.2) is 9.97 Å². The van der Waals surface area contributed by atoms with Gasteiger partial charge in [-0.2, -0.15) is 0 Å². The Morgan fingerprint density at radius 1 is 1.13 bits per heavy atom. The van der Waals surface area contributed by atoms with Crippen LogP contribution in [0, 0.1) is 0 Å². The van der Waals surface area contributed by atoms with E-state index in [0.717, 1.165) is 40.7 Å². The lowest BCUT2D eigenvalue weighted by molar-refractivity contribution is 0.0940. The second kappa shape index (κ2) is 7.79. The summed E-state index contributed by atoms with van der Waals surface area (Å²) in [6.45, 7) is 1.48. The summed E-state index contributed by atoms with van der Waals surface area (Å²) >= 11 is 0. The number of rotatable bonds is 5. The molecule has 1 fully saturated rings. The number of carbonyl (C=O) groups excluding carboxylic acids is 1. The zero-order valence-corrected chi connectivity index (χ0v) is 17.4. The number of nitrogens with zero attached hydrogens (tertiary/aromatic N) is 3. The summed E-state index contributed by atoms with van der Waals surface area (Å²) in [5, 5.41) is 5.05. The van der Waals surface area contributed by atoms with E-state index in [-0.39, 0.29) is 11.9 Å². The van der Waals surface area contributed by atoms with Crippen LogP contribution in [0.25, 0.3) is 21.9 Å². The largest absolute Gasteiger partial charge is 0.493 e. The van der Waals surface area contributed by atoms with Crippen LogP contribution in [0.2, 0.25) is 0 Å². The van der Waals surface area contributed by atoms with Crippen molar-refractivity contribution >= 4 is 33.7 Å². The molecule has 1 unspecified atom stereocenters. The normalized spacial score (nSPS) is 16.1. The molecule has 1 atom stereocenters. The van der Waals surface area contributed by atoms with Gasteiger partial charge in [0.1, 0.15) is 17.8 Å². The third kappa shape index (κ3) is 3.39. The number of benzene rings is 2. The van der Waals surface area contributed by atoms with E-state index < -0.39 is 0 Å². The van der Waals surface area contributed by atoms with E-state index in [1.165, 1.54) is 0 Å². The summed E-state index contributed by atoms with van der Waals surface area (Å²) in [6, 6.07) is 13.2. The summed E-state index contributed by atoms with van der Waals surface area (Å²) in [7, 11) is 3.24. The van der Waals surface area contributed by atoms with Gasteiger partial charge in [0.25, 0.3) is 5.91 Å². The fourth-order valence-corrected chi connectivity index (χ4v) is 4.20. The molecule has 4 aromatic rings. The van der Waals surface area contributed by atoms with E-state index in [1.54, 1.807) is 20.5 Å². The molecule has 158 valence electrons. The number of ether oxygens (including phenoxy) is 2. The van der Waals surface area contributed by atoms with Crippen LogP contribution in [-0.2, 0) is 0 Å². The molecule has 5 rings (SSSR count). The smallest absolute Gasteiger partial charge is 0.251 e. The van der Waals surface area contributed by atoms with Crippen molar-refractivity contribution < 1.29 is 14.3 Å². The van der Waals surface area contributed by atoms with E-state index in [0.29, 0.717) is 23.6 Å². The lowest BCUT2D eigenvalue weighted by Gasteiger charge is -2.19. The monoisotopic (exact) mass is 417 g/mol. The highest BCUT2D eigenvalue weighted by atomic mass is 16.5. The van der Waals surface area contributed by atoms with Gasteiger partial charge in [0, 0.05) is 36.1 Å². The van der Waals surface area contributed by atoms with E-state index in [1.807, 2.05) is 42.5 Å². The molecule has 1 aliphatic rings. The van der Waals surface area contributed by atoms with Crippen LogP contribution in [0.3, 0.4) is 0 Å². The Bertz CT molecular complexity index is 1250. The van der Waals surface area contributed by atoms with E-state index in [9.17, 15) is 4.79 Å². The molecular weight excluding hydrogens is 394 g/mol. The molecule has 0 bridgehead atoms. The van der Waals surface area contributed by atoms with Crippen molar-refractivity contribution in [2.45, 2.75) is 12.5 Å². The Labute approximate surface area is 179 Å². The maximum atomic E-state index is 12.5. The first-order valence-electron chi connectivity index (χ1n) is 10.2. The molecule has 3 heterocycles. The molecule has 0 spiro atoms. The zero-order chi connectivity index (χ0) is 21.4. The standard InChI is InChI=1S/C23H23N5O3/c1-30-18-10-16-17(11-19(18)31-2)27-21-20(16)22(25-13-24-21)28-9-8-15(12-28)26-23(29)14-6-4-3-5-7-14/h3-7,10-11,13,15H,8-9,12H2,1-2H3,(H,26,29)(H,24,25,27). The van der Waals surface area contributed by atoms with Crippen molar-refractivity contribution in [1.29, 1.82) is 0 Å². The molecule has 0 aliphatic carbocycles. The van der Waals surface area contributed by atoms with Gasteiger partial charge in [-0.05, 0) is 24.6 Å². The van der Waals surface area contributed by atoms with Crippen molar-refractivity contribution in [3.05, 3.63) is 54.4 Å². The number of amides is 1. The van der Waals surface area contributed by atoms with E-state index in [4.69, 9.17) is 9.47 Å². The van der Waals surface area contributed by atoms with Crippen LogP contribution in [0.5, 0.6) is 11.5 Å². The fourth-order valence-electron chi connectivity index (χ4n) is 4.20. The molecule has 2 aromatic heterocycles. The van der Waals surface area contributed by atoms with Gasteiger partial charge in [0.05, 0.1) is 25.1 Å². The topological polar surface area (TPSA) is 92.4 Å². The minimum absolute atomic E-state index is 0.0517. The average Bonchev–Trinajstić information content (AvgIpc) is 3.42. The molecular formula is C23H23N5O3.